The number of hydrogen-bond acceptors (Lipinski definition) is 9. The van der Waals surface area contributed by atoms with E-state index in [-0.39, 0.29) is 54.2 Å². The lowest BCUT2D eigenvalue weighted by Crippen LogP contribution is -2.32. The summed E-state index contributed by atoms with van der Waals surface area (Å²) in [7, 11) is -3.68. The Morgan fingerprint density at radius 1 is 1.11 bits per heavy atom. The van der Waals surface area contributed by atoms with Crippen molar-refractivity contribution in [1.82, 2.24) is 9.29 Å². The molecule has 2 aromatic rings. The maximum Gasteiger partial charge on any atom is 0.281 e. The average molecular weight is 524 g/mol. The van der Waals surface area contributed by atoms with Gasteiger partial charge >= 0.3 is 0 Å². The topological polar surface area (TPSA) is 169 Å². The molecule has 1 aromatic heterocycles. The quantitative estimate of drug-likeness (QED) is 0.217. The molecule has 1 heterocycles. The largest absolute Gasteiger partial charge is 0.493 e. The number of hydrogen-bond donors (Lipinski definition) is 4. The van der Waals surface area contributed by atoms with E-state index >= 15 is 0 Å². The van der Waals surface area contributed by atoms with E-state index in [2.05, 4.69) is 28.8 Å². The van der Waals surface area contributed by atoms with E-state index in [0.717, 1.165) is 23.8 Å². The zero-order valence-electron chi connectivity index (χ0n) is 21.3. The molecular weight excluding hydrogens is 486 g/mol. The first-order chi connectivity index (χ1) is 17.0. The number of aromatic nitrogens is 1. The zero-order chi connectivity index (χ0) is 26.9. The zero-order valence-corrected chi connectivity index (χ0v) is 22.1. The summed E-state index contributed by atoms with van der Waals surface area (Å²) in [6.07, 6.45) is 2.74. The maximum atomic E-state index is 12.8. The number of aliphatic hydroxyl groups excluding tert-OH is 1. The number of azo groups is 1. The first-order valence-corrected chi connectivity index (χ1v) is 13.4. The number of aliphatic hydroxyl groups is 1. The number of aromatic hydroxyl groups is 1. The molecule has 0 bridgehead atoms. The van der Waals surface area contributed by atoms with Crippen molar-refractivity contribution in [1.29, 1.82) is 0 Å². The van der Waals surface area contributed by atoms with Crippen molar-refractivity contribution in [2.24, 2.45) is 16.1 Å². The highest BCUT2D eigenvalue weighted by Gasteiger charge is 2.19. The summed E-state index contributed by atoms with van der Waals surface area (Å²) < 4.78 is 34.2. The van der Waals surface area contributed by atoms with E-state index in [1.54, 1.807) is 6.92 Å². The van der Waals surface area contributed by atoms with Gasteiger partial charge in [0.15, 0.2) is 5.69 Å². The van der Waals surface area contributed by atoms with Crippen molar-refractivity contribution in [3.63, 3.8) is 0 Å². The normalized spacial score (nSPS) is 13.1. The second kappa shape index (κ2) is 13.5. The molecule has 0 aliphatic rings. The molecule has 0 aliphatic heterocycles. The molecule has 0 saturated carbocycles. The van der Waals surface area contributed by atoms with Crippen molar-refractivity contribution < 1.29 is 23.4 Å². The van der Waals surface area contributed by atoms with E-state index in [1.807, 2.05) is 6.92 Å². The van der Waals surface area contributed by atoms with Gasteiger partial charge in [-0.1, -0.05) is 26.7 Å². The Labute approximate surface area is 212 Å². The fourth-order valence-corrected chi connectivity index (χ4v) is 4.77. The lowest BCUT2D eigenvalue weighted by molar-refractivity contribution is 0.0854. The van der Waals surface area contributed by atoms with Gasteiger partial charge in [-0.2, -0.15) is 5.11 Å². The number of anilines is 1. The number of nitrogens with one attached hydrogen (secondary N) is 1. The van der Waals surface area contributed by atoms with Crippen LogP contribution in [0.1, 0.15) is 45.6 Å². The number of rotatable bonds is 14. The lowest BCUT2D eigenvalue weighted by atomic mass is 10.0. The third kappa shape index (κ3) is 8.12. The molecule has 12 heteroatoms. The van der Waals surface area contributed by atoms with Crippen LogP contribution in [0, 0.1) is 12.8 Å². The third-order valence-electron chi connectivity index (χ3n) is 5.59. The van der Waals surface area contributed by atoms with E-state index in [9.17, 15) is 18.3 Å². The van der Waals surface area contributed by atoms with Gasteiger partial charge in [0.05, 0.1) is 42.6 Å². The summed E-state index contributed by atoms with van der Waals surface area (Å²) in [5, 5.41) is 27.1. The van der Waals surface area contributed by atoms with Crippen molar-refractivity contribution in [2.75, 3.05) is 25.6 Å². The Bertz CT molecular complexity index is 1190. The highest BCUT2D eigenvalue weighted by Crippen LogP contribution is 2.29. The first-order valence-electron chi connectivity index (χ1n) is 11.9. The van der Waals surface area contributed by atoms with E-state index in [1.165, 1.54) is 24.3 Å². The van der Waals surface area contributed by atoms with Gasteiger partial charge in [0, 0.05) is 11.6 Å². The SMILES string of the molecule is Cc1c(N)c(O)n(CCOCCO)c(=O)c1N=Nc1ccc(S(=O)(=O)NC(C)CCCC(C)C)cc1. The molecule has 11 nitrogen and oxygen atoms in total. The molecule has 1 aromatic carbocycles. The van der Waals surface area contributed by atoms with Crippen LogP contribution >= 0.6 is 0 Å². The Hall–Kier alpha value is -2.80. The standard InChI is InChI=1S/C24H37N5O6S/c1-16(2)6-5-7-17(3)28-36(33,34)20-10-8-19(9-11-20)26-27-22-18(4)21(25)23(31)29(24(22)32)12-14-35-15-13-30/h8-11,16-17,28,30-31H,5-7,12-15,25H2,1-4H3. The molecule has 2 rings (SSSR count). The summed E-state index contributed by atoms with van der Waals surface area (Å²) >= 11 is 0. The highest BCUT2D eigenvalue weighted by molar-refractivity contribution is 7.89. The van der Waals surface area contributed by atoms with Crippen LogP contribution in [0.3, 0.4) is 0 Å². The van der Waals surface area contributed by atoms with Crippen molar-refractivity contribution >= 4 is 27.1 Å². The van der Waals surface area contributed by atoms with Crippen molar-refractivity contribution in [3.05, 3.63) is 40.2 Å². The van der Waals surface area contributed by atoms with Gasteiger partial charge in [0.2, 0.25) is 15.9 Å². The van der Waals surface area contributed by atoms with Crippen LogP contribution < -0.4 is 16.0 Å². The number of sulfonamides is 1. The van der Waals surface area contributed by atoms with Gasteiger partial charge in [-0.3, -0.25) is 9.36 Å². The third-order valence-corrected chi connectivity index (χ3v) is 7.19. The number of nitrogens with zero attached hydrogens (tertiary/aromatic N) is 3. The fourth-order valence-electron chi connectivity index (χ4n) is 3.50. The molecule has 0 fully saturated rings. The number of ether oxygens (including phenoxy) is 1. The van der Waals surface area contributed by atoms with Gasteiger partial charge in [-0.15, -0.1) is 5.11 Å². The molecular formula is C24H37N5O6S. The predicted octanol–water partition coefficient (Wildman–Crippen LogP) is 3.36. The maximum absolute atomic E-state index is 12.8. The summed E-state index contributed by atoms with van der Waals surface area (Å²) in [5.41, 5.74) is 5.87. The summed E-state index contributed by atoms with van der Waals surface area (Å²) in [6, 6.07) is 5.63. The van der Waals surface area contributed by atoms with E-state index < -0.39 is 21.5 Å². The molecule has 0 aliphatic carbocycles. The first kappa shape index (κ1) is 29.4. The van der Waals surface area contributed by atoms with Crippen LogP contribution in [-0.2, 0) is 21.3 Å². The van der Waals surface area contributed by atoms with Crippen molar-refractivity contribution in [2.45, 2.75) is 64.4 Å². The molecule has 0 amide bonds. The summed E-state index contributed by atoms with van der Waals surface area (Å²) in [4.78, 5) is 13.0. The van der Waals surface area contributed by atoms with Gasteiger partial charge in [0.25, 0.3) is 5.56 Å². The van der Waals surface area contributed by atoms with Gasteiger partial charge in [0.1, 0.15) is 0 Å². The summed E-state index contributed by atoms with van der Waals surface area (Å²) in [5.74, 6) is 0.177. The fraction of sp³-hybridized carbons (Fsp3) is 0.542. The minimum Gasteiger partial charge on any atom is -0.493 e. The minimum absolute atomic E-state index is 0.00706. The lowest BCUT2D eigenvalue weighted by Gasteiger charge is -2.15. The number of benzene rings is 1. The van der Waals surface area contributed by atoms with Crippen molar-refractivity contribution in [3.8, 4) is 5.88 Å². The molecule has 0 spiro atoms. The Balaban J connectivity index is 2.17. The van der Waals surface area contributed by atoms with Crippen LogP contribution in [0.4, 0.5) is 17.1 Å². The molecule has 5 N–H and O–H groups in total. The molecule has 0 saturated heterocycles. The van der Waals surface area contributed by atoms with Crippen LogP contribution in [0.2, 0.25) is 0 Å². The molecule has 0 radical (unpaired) electrons. The second-order valence-electron chi connectivity index (χ2n) is 9.04. The second-order valence-corrected chi connectivity index (χ2v) is 10.8. The van der Waals surface area contributed by atoms with Crippen LogP contribution in [0.15, 0.2) is 44.2 Å². The number of nitrogen functional groups attached to an aromatic ring is 1. The number of pyridine rings is 1. The monoisotopic (exact) mass is 523 g/mol. The van der Waals surface area contributed by atoms with Gasteiger partial charge < -0.3 is 20.7 Å². The van der Waals surface area contributed by atoms with Crippen LogP contribution in [0.25, 0.3) is 0 Å². The summed E-state index contributed by atoms with van der Waals surface area (Å²) in [6.45, 7) is 7.68. The van der Waals surface area contributed by atoms with Gasteiger partial charge in [-0.05, 0) is 50.5 Å². The van der Waals surface area contributed by atoms with Crippen LogP contribution in [-0.4, -0.2) is 49.1 Å². The Kier molecular flexibility index (Phi) is 11.0. The van der Waals surface area contributed by atoms with Crippen LogP contribution in [0.5, 0.6) is 5.88 Å². The minimum atomic E-state index is -3.68. The Morgan fingerprint density at radius 2 is 1.78 bits per heavy atom. The Morgan fingerprint density at radius 3 is 2.39 bits per heavy atom. The molecule has 1 atom stereocenters. The average Bonchev–Trinajstić information content (AvgIpc) is 2.82. The predicted molar refractivity (Wildman–Crippen MR) is 139 cm³/mol. The molecule has 1 unspecified atom stereocenters. The number of nitrogens with two attached hydrogens (primary N) is 1. The highest BCUT2D eigenvalue weighted by atomic mass is 32.2. The van der Waals surface area contributed by atoms with E-state index in [0.29, 0.717) is 11.6 Å². The molecule has 200 valence electrons. The smallest absolute Gasteiger partial charge is 0.281 e. The molecule has 36 heavy (non-hydrogen) atoms. The van der Waals surface area contributed by atoms with Gasteiger partial charge in [-0.25, -0.2) is 13.1 Å². The van der Waals surface area contributed by atoms with E-state index in [4.69, 9.17) is 15.6 Å².